The molecule has 2 nitrogen and oxygen atoms in total. The van der Waals surface area contributed by atoms with Crippen molar-refractivity contribution in [2.45, 2.75) is 0 Å². The normalized spacial score (nSPS) is 9.31. The number of aliphatic hydroxyl groups excluding tert-OH is 1. The summed E-state index contributed by atoms with van der Waals surface area (Å²) in [5.41, 5.74) is 2.96. The maximum atomic E-state index is 8.62. The van der Waals surface area contributed by atoms with Crippen LogP contribution >= 0.6 is 0 Å². The molecular formula is C14H11NO. The van der Waals surface area contributed by atoms with Crippen LogP contribution in [-0.4, -0.2) is 16.7 Å². The van der Waals surface area contributed by atoms with Gasteiger partial charge < -0.3 is 5.11 Å². The van der Waals surface area contributed by atoms with Crippen LogP contribution in [0.3, 0.4) is 0 Å². The van der Waals surface area contributed by atoms with Crippen molar-refractivity contribution < 1.29 is 5.11 Å². The maximum Gasteiger partial charge on any atom is 0.104 e. The lowest BCUT2D eigenvalue weighted by Gasteiger charge is -2.00. The van der Waals surface area contributed by atoms with Crippen LogP contribution < -0.4 is 0 Å². The fourth-order valence-electron chi connectivity index (χ4n) is 1.44. The van der Waals surface area contributed by atoms with Crippen LogP contribution in [0.4, 0.5) is 0 Å². The Hall–Kier alpha value is -2.11. The van der Waals surface area contributed by atoms with E-state index in [-0.39, 0.29) is 6.61 Å². The molecule has 0 bridgehead atoms. The summed E-state index contributed by atoms with van der Waals surface area (Å²) in [6, 6.07) is 12.0. The van der Waals surface area contributed by atoms with Crippen LogP contribution in [0.1, 0.15) is 5.56 Å². The van der Waals surface area contributed by atoms with E-state index in [0.717, 1.165) is 16.7 Å². The van der Waals surface area contributed by atoms with Crippen LogP contribution in [0.15, 0.2) is 48.8 Å². The van der Waals surface area contributed by atoms with Crippen LogP contribution in [0, 0.1) is 11.8 Å². The summed E-state index contributed by atoms with van der Waals surface area (Å²) in [5, 5.41) is 8.62. The summed E-state index contributed by atoms with van der Waals surface area (Å²) in [7, 11) is 0. The summed E-state index contributed by atoms with van der Waals surface area (Å²) >= 11 is 0. The van der Waals surface area contributed by atoms with Crippen molar-refractivity contribution in [1.82, 2.24) is 4.98 Å². The summed E-state index contributed by atoms with van der Waals surface area (Å²) in [4.78, 5) is 4.13. The summed E-state index contributed by atoms with van der Waals surface area (Å²) in [6.45, 7) is -0.129. The molecule has 0 aliphatic carbocycles. The molecule has 2 aromatic rings. The van der Waals surface area contributed by atoms with Gasteiger partial charge in [0.1, 0.15) is 6.61 Å². The van der Waals surface area contributed by atoms with Gasteiger partial charge in [0.25, 0.3) is 0 Å². The highest BCUT2D eigenvalue weighted by Crippen LogP contribution is 2.18. The fourth-order valence-corrected chi connectivity index (χ4v) is 1.44. The smallest absolute Gasteiger partial charge is 0.104 e. The van der Waals surface area contributed by atoms with Gasteiger partial charge in [-0.25, -0.2) is 0 Å². The minimum absolute atomic E-state index is 0.129. The van der Waals surface area contributed by atoms with Gasteiger partial charge in [-0.1, -0.05) is 42.2 Å². The third-order valence-corrected chi connectivity index (χ3v) is 2.16. The molecule has 2 rings (SSSR count). The molecule has 1 aromatic heterocycles. The van der Waals surface area contributed by atoms with E-state index in [2.05, 4.69) is 16.8 Å². The average Bonchev–Trinajstić information content (AvgIpc) is 2.38. The third kappa shape index (κ3) is 2.47. The third-order valence-electron chi connectivity index (χ3n) is 2.16. The van der Waals surface area contributed by atoms with E-state index in [1.807, 2.05) is 36.4 Å². The molecule has 2 heteroatoms. The van der Waals surface area contributed by atoms with Crippen molar-refractivity contribution in [3.63, 3.8) is 0 Å². The Morgan fingerprint density at radius 2 is 1.88 bits per heavy atom. The number of pyridine rings is 1. The first-order chi connectivity index (χ1) is 7.90. The molecule has 0 aliphatic heterocycles. The number of benzene rings is 1. The van der Waals surface area contributed by atoms with E-state index in [0.29, 0.717) is 0 Å². The Morgan fingerprint density at radius 1 is 1.06 bits per heavy atom. The molecule has 1 aromatic carbocycles. The molecule has 16 heavy (non-hydrogen) atoms. The van der Waals surface area contributed by atoms with Crippen LogP contribution in [0.5, 0.6) is 0 Å². The molecule has 0 radical (unpaired) electrons. The van der Waals surface area contributed by atoms with Gasteiger partial charge in [0.2, 0.25) is 0 Å². The van der Waals surface area contributed by atoms with Crippen molar-refractivity contribution in [2.24, 2.45) is 0 Å². The van der Waals surface area contributed by atoms with Gasteiger partial charge >= 0.3 is 0 Å². The number of hydrogen-bond donors (Lipinski definition) is 1. The molecule has 0 atom stereocenters. The van der Waals surface area contributed by atoms with Crippen LogP contribution in [0.2, 0.25) is 0 Å². The van der Waals surface area contributed by atoms with Gasteiger partial charge in [-0.05, 0) is 11.6 Å². The topological polar surface area (TPSA) is 33.1 Å². The lowest BCUT2D eigenvalue weighted by molar-refractivity contribution is 0.350. The minimum atomic E-state index is -0.129. The molecule has 0 fully saturated rings. The first-order valence-electron chi connectivity index (χ1n) is 5.00. The lowest BCUT2D eigenvalue weighted by atomic mass is 10.1. The molecule has 0 saturated carbocycles. The number of hydrogen-bond acceptors (Lipinski definition) is 2. The molecule has 0 spiro atoms. The second-order valence-corrected chi connectivity index (χ2v) is 3.29. The molecule has 1 N–H and O–H groups in total. The SMILES string of the molecule is OCC#Cc1cncc(-c2ccccc2)c1. The molecule has 1 heterocycles. The Morgan fingerprint density at radius 3 is 2.62 bits per heavy atom. The summed E-state index contributed by atoms with van der Waals surface area (Å²) < 4.78 is 0. The van der Waals surface area contributed by atoms with E-state index < -0.39 is 0 Å². The van der Waals surface area contributed by atoms with E-state index in [9.17, 15) is 0 Å². The molecular weight excluding hydrogens is 198 g/mol. The highest BCUT2D eigenvalue weighted by atomic mass is 16.2. The number of rotatable bonds is 1. The van der Waals surface area contributed by atoms with E-state index >= 15 is 0 Å². The Labute approximate surface area is 94.6 Å². The highest BCUT2D eigenvalue weighted by molar-refractivity contribution is 5.63. The lowest BCUT2D eigenvalue weighted by Crippen LogP contribution is -1.83. The van der Waals surface area contributed by atoms with Crippen molar-refractivity contribution in [1.29, 1.82) is 0 Å². The highest BCUT2D eigenvalue weighted by Gasteiger charge is 1.97. The zero-order valence-electron chi connectivity index (χ0n) is 8.72. The zero-order chi connectivity index (χ0) is 11.2. The second-order valence-electron chi connectivity index (χ2n) is 3.29. The van der Waals surface area contributed by atoms with Gasteiger partial charge in [-0.15, -0.1) is 0 Å². The predicted octanol–water partition coefficient (Wildman–Crippen LogP) is 2.09. The molecule has 0 aliphatic rings. The fraction of sp³-hybridized carbons (Fsp3) is 0.0714. The number of aliphatic hydroxyl groups is 1. The van der Waals surface area contributed by atoms with Crippen molar-refractivity contribution in [3.8, 4) is 23.0 Å². The predicted molar refractivity (Wildman–Crippen MR) is 63.6 cm³/mol. The van der Waals surface area contributed by atoms with Crippen LogP contribution in [0.25, 0.3) is 11.1 Å². The maximum absolute atomic E-state index is 8.62. The largest absolute Gasteiger partial charge is 0.384 e. The van der Waals surface area contributed by atoms with Gasteiger partial charge in [-0.2, -0.15) is 0 Å². The average molecular weight is 209 g/mol. The van der Waals surface area contributed by atoms with Crippen molar-refractivity contribution in [3.05, 3.63) is 54.4 Å². The quantitative estimate of drug-likeness (QED) is 0.729. The van der Waals surface area contributed by atoms with Gasteiger partial charge in [0.05, 0.1) is 0 Å². The van der Waals surface area contributed by atoms with Gasteiger partial charge in [0, 0.05) is 23.5 Å². The van der Waals surface area contributed by atoms with E-state index in [4.69, 9.17) is 5.11 Å². The monoisotopic (exact) mass is 209 g/mol. The van der Waals surface area contributed by atoms with Crippen molar-refractivity contribution in [2.75, 3.05) is 6.61 Å². The first kappa shape index (κ1) is 10.4. The Kier molecular flexibility index (Phi) is 3.32. The van der Waals surface area contributed by atoms with Crippen LogP contribution in [-0.2, 0) is 0 Å². The van der Waals surface area contributed by atoms with Gasteiger partial charge in [0.15, 0.2) is 0 Å². The Balaban J connectivity index is 2.37. The molecule has 78 valence electrons. The standard InChI is InChI=1S/C14H11NO/c16-8-4-5-12-9-14(11-15-10-12)13-6-2-1-3-7-13/h1-3,6-7,9-11,16H,8H2. The van der Waals surface area contributed by atoms with Gasteiger partial charge in [-0.3, -0.25) is 4.98 Å². The van der Waals surface area contributed by atoms with E-state index in [1.165, 1.54) is 0 Å². The zero-order valence-corrected chi connectivity index (χ0v) is 8.72. The number of aromatic nitrogens is 1. The first-order valence-corrected chi connectivity index (χ1v) is 5.00. The summed E-state index contributed by atoms with van der Waals surface area (Å²) in [5.74, 6) is 5.45. The summed E-state index contributed by atoms with van der Waals surface area (Å²) in [6.07, 6.45) is 3.49. The number of nitrogens with zero attached hydrogens (tertiary/aromatic N) is 1. The Bertz CT molecular complexity index is 523. The second kappa shape index (κ2) is 5.11. The molecule has 0 saturated heterocycles. The van der Waals surface area contributed by atoms with E-state index in [1.54, 1.807) is 12.4 Å². The molecule has 0 amide bonds. The van der Waals surface area contributed by atoms with Crippen molar-refractivity contribution >= 4 is 0 Å². The minimum Gasteiger partial charge on any atom is -0.384 e. The molecule has 0 unspecified atom stereocenters.